The Morgan fingerprint density at radius 2 is 2.30 bits per heavy atom. The van der Waals surface area contributed by atoms with Gasteiger partial charge in [0.15, 0.2) is 9.84 Å². The lowest BCUT2D eigenvalue weighted by molar-refractivity contribution is 0.0957. The van der Waals surface area contributed by atoms with Gasteiger partial charge in [0.25, 0.3) is 5.91 Å². The number of nitrogens with zero attached hydrogens (tertiary/aromatic N) is 1. The van der Waals surface area contributed by atoms with Gasteiger partial charge in [-0.1, -0.05) is 0 Å². The van der Waals surface area contributed by atoms with Crippen LogP contribution in [0.1, 0.15) is 26.5 Å². The molecule has 8 heteroatoms. The molecule has 1 aromatic heterocycles. The SMILES string of the molecule is Cc1sc(C(=O)NN)cc1CN(C)C1CCS(=O)(=O)C1. The van der Waals surface area contributed by atoms with Crippen LogP contribution in [-0.4, -0.2) is 43.8 Å². The highest BCUT2D eigenvalue weighted by molar-refractivity contribution is 7.91. The van der Waals surface area contributed by atoms with Crippen molar-refractivity contribution in [1.29, 1.82) is 0 Å². The van der Waals surface area contributed by atoms with Crippen molar-refractivity contribution in [2.24, 2.45) is 5.84 Å². The Morgan fingerprint density at radius 3 is 2.85 bits per heavy atom. The average molecular weight is 317 g/mol. The highest BCUT2D eigenvalue weighted by atomic mass is 32.2. The van der Waals surface area contributed by atoms with Gasteiger partial charge in [0.2, 0.25) is 0 Å². The third kappa shape index (κ3) is 3.38. The molecule has 1 amide bonds. The maximum Gasteiger partial charge on any atom is 0.275 e. The molecular weight excluding hydrogens is 298 g/mol. The molecule has 0 bridgehead atoms. The van der Waals surface area contributed by atoms with Crippen LogP contribution in [0.25, 0.3) is 0 Å². The number of nitrogens with two attached hydrogens (primary N) is 1. The van der Waals surface area contributed by atoms with Crippen molar-refractivity contribution >= 4 is 27.1 Å². The van der Waals surface area contributed by atoms with Crippen LogP contribution in [0.15, 0.2) is 6.07 Å². The van der Waals surface area contributed by atoms with Crippen molar-refractivity contribution in [2.45, 2.75) is 25.9 Å². The third-order valence-corrected chi connectivity index (χ3v) is 6.47. The fourth-order valence-corrected chi connectivity index (χ4v) is 5.12. The largest absolute Gasteiger partial charge is 0.298 e. The molecule has 3 N–H and O–H groups in total. The van der Waals surface area contributed by atoms with E-state index in [1.165, 1.54) is 11.3 Å². The van der Waals surface area contributed by atoms with E-state index in [0.29, 0.717) is 17.8 Å². The molecule has 1 aromatic rings. The Morgan fingerprint density at radius 1 is 1.60 bits per heavy atom. The van der Waals surface area contributed by atoms with Gasteiger partial charge in [0.05, 0.1) is 16.4 Å². The van der Waals surface area contributed by atoms with E-state index in [4.69, 9.17) is 5.84 Å². The standard InChI is InChI=1S/C12H19N3O3S2/c1-8-9(5-11(19-8)12(16)14-13)6-15(2)10-3-4-20(17,18)7-10/h5,10H,3-4,6-7,13H2,1-2H3,(H,14,16). The van der Waals surface area contributed by atoms with Crippen LogP contribution in [0, 0.1) is 6.92 Å². The molecule has 1 fully saturated rings. The molecule has 112 valence electrons. The Labute approximate surface area is 122 Å². The molecule has 0 aliphatic carbocycles. The van der Waals surface area contributed by atoms with Crippen LogP contribution in [0.5, 0.6) is 0 Å². The van der Waals surface area contributed by atoms with Crippen molar-refractivity contribution in [3.63, 3.8) is 0 Å². The van der Waals surface area contributed by atoms with Gasteiger partial charge in [-0.15, -0.1) is 11.3 Å². The van der Waals surface area contributed by atoms with E-state index in [1.807, 2.05) is 24.9 Å². The Balaban J connectivity index is 2.06. The van der Waals surface area contributed by atoms with Crippen LogP contribution >= 0.6 is 11.3 Å². The number of hydrazine groups is 1. The molecule has 0 aromatic carbocycles. The zero-order valence-electron chi connectivity index (χ0n) is 11.5. The number of nitrogen functional groups attached to an aromatic ring is 1. The van der Waals surface area contributed by atoms with Gasteiger partial charge in [-0.3, -0.25) is 15.1 Å². The Bertz CT molecular complexity index is 609. The molecule has 0 spiro atoms. The molecular formula is C12H19N3O3S2. The lowest BCUT2D eigenvalue weighted by atomic mass is 10.2. The quantitative estimate of drug-likeness (QED) is 0.473. The van der Waals surface area contributed by atoms with Crippen LogP contribution in [0.3, 0.4) is 0 Å². The molecule has 20 heavy (non-hydrogen) atoms. The molecule has 1 unspecified atom stereocenters. The van der Waals surface area contributed by atoms with E-state index in [0.717, 1.165) is 10.4 Å². The predicted molar refractivity (Wildman–Crippen MR) is 79.2 cm³/mol. The fraction of sp³-hybridized carbons (Fsp3) is 0.583. The summed E-state index contributed by atoms with van der Waals surface area (Å²) >= 11 is 1.39. The molecule has 1 aliphatic heterocycles. The number of rotatable bonds is 4. The van der Waals surface area contributed by atoms with Gasteiger partial charge in [0, 0.05) is 17.5 Å². The first kappa shape index (κ1) is 15.4. The summed E-state index contributed by atoms with van der Waals surface area (Å²) in [5.41, 5.74) is 3.16. The second-order valence-corrected chi connectivity index (χ2v) is 8.62. The summed E-state index contributed by atoms with van der Waals surface area (Å²) in [6.45, 7) is 2.59. The summed E-state index contributed by atoms with van der Waals surface area (Å²) < 4.78 is 23.0. The van der Waals surface area contributed by atoms with Crippen molar-refractivity contribution in [2.75, 3.05) is 18.6 Å². The number of amides is 1. The fourth-order valence-electron chi connectivity index (χ4n) is 2.38. The zero-order chi connectivity index (χ0) is 14.9. The maximum absolute atomic E-state index is 11.5. The molecule has 1 aliphatic rings. The number of aryl methyl sites for hydroxylation is 1. The lowest BCUT2D eigenvalue weighted by Crippen LogP contribution is -2.32. The number of carbonyl (C=O) groups excluding carboxylic acids is 1. The number of thiophene rings is 1. The number of hydrogen-bond acceptors (Lipinski definition) is 6. The second kappa shape index (κ2) is 5.80. The molecule has 0 saturated carbocycles. The number of nitrogens with one attached hydrogen (secondary N) is 1. The van der Waals surface area contributed by atoms with Crippen molar-refractivity contribution in [3.8, 4) is 0 Å². The topological polar surface area (TPSA) is 92.5 Å². The van der Waals surface area contributed by atoms with E-state index in [1.54, 1.807) is 0 Å². The smallest absolute Gasteiger partial charge is 0.275 e. The lowest BCUT2D eigenvalue weighted by Gasteiger charge is -2.22. The summed E-state index contributed by atoms with van der Waals surface area (Å²) in [4.78, 5) is 15.2. The number of carbonyl (C=O) groups is 1. The van der Waals surface area contributed by atoms with Crippen molar-refractivity contribution in [3.05, 3.63) is 21.4 Å². The first-order valence-corrected chi connectivity index (χ1v) is 8.97. The van der Waals surface area contributed by atoms with Crippen LogP contribution in [-0.2, 0) is 16.4 Å². The van der Waals surface area contributed by atoms with Gasteiger partial charge in [0.1, 0.15) is 0 Å². The monoisotopic (exact) mass is 317 g/mol. The van der Waals surface area contributed by atoms with Crippen molar-refractivity contribution < 1.29 is 13.2 Å². The molecule has 0 radical (unpaired) electrons. The van der Waals surface area contributed by atoms with Gasteiger partial charge in [-0.2, -0.15) is 0 Å². The van der Waals surface area contributed by atoms with Crippen LogP contribution in [0.2, 0.25) is 0 Å². The highest BCUT2D eigenvalue weighted by Gasteiger charge is 2.30. The van der Waals surface area contributed by atoms with Gasteiger partial charge in [-0.05, 0) is 32.0 Å². The molecule has 6 nitrogen and oxygen atoms in total. The minimum atomic E-state index is -2.87. The third-order valence-electron chi connectivity index (χ3n) is 3.63. The van der Waals surface area contributed by atoms with Gasteiger partial charge >= 0.3 is 0 Å². The summed E-state index contributed by atoms with van der Waals surface area (Å²) in [6, 6.07) is 1.88. The van der Waals surface area contributed by atoms with E-state index < -0.39 is 9.84 Å². The number of sulfone groups is 1. The Kier molecular flexibility index (Phi) is 4.48. The van der Waals surface area contributed by atoms with E-state index in [2.05, 4.69) is 5.43 Å². The van der Waals surface area contributed by atoms with Crippen LogP contribution < -0.4 is 11.3 Å². The predicted octanol–water partition coefficient (Wildman–Crippen LogP) is 0.279. The second-order valence-electron chi connectivity index (χ2n) is 5.14. The normalized spacial score (nSPS) is 21.3. The van der Waals surface area contributed by atoms with Gasteiger partial charge in [-0.25, -0.2) is 14.3 Å². The van der Waals surface area contributed by atoms with E-state index >= 15 is 0 Å². The van der Waals surface area contributed by atoms with E-state index in [9.17, 15) is 13.2 Å². The minimum Gasteiger partial charge on any atom is -0.298 e. The van der Waals surface area contributed by atoms with Gasteiger partial charge < -0.3 is 0 Å². The first-order valence-electron chi connectivity index (χ1n) is 6.33. The Hall–Kier alpha value is -0.960. The summed E-state index contributed by atoms with van der Waals surface area (Å²) in [7, 11) is -0.953. The zero-order valence-corrected chi connectivity index (χ0v) is 13.2. The first-order chi connectivity index (χ1) is 9.32. The minimum absolute atomic E-state index is 0.0612. The van der Waals surface area contributed by atoms with E-state index in [-0.39, 0.29) is 23.5 Å². The highest BCUT2D eigenvalue weighted by Crippen LogP contribution is 2.25. The van der Waals surface area contributed by atoms with Crippen molar-refractivity contribution in [1.82, 2.24) is 10.3 Å². The molecule has 2 rings (SSSR count). The van der Waals surface area contributed by atoms with Crippen LogP contribution in [0.4, 0.5) is 0 Å². The maximum atomic E-state index is 11.5. The number of hydrogen-bond donors (Lipinski definition) is 2. The molecule has 2 heterocycles. The molecule has 1 saturated heterocycles. The average Bonchev–Trinajstić information content (AvgIpc) is 2.92. The summed E-state index contributed by atoms with van der Waals surface area (Å²) in [5, 5.41) is 0. The molecule has 1 atom stereocenters. The summed E-state index contributed by atoms with van der Waals surface area (Å²) in [6.07, 6.45) is 0.679. The summed E-state index contributed by atoms with van der Waals surface area (Å²) in [5.74, 6) is 5.32.